The van der Waals surface area contributed by atoms with Crippen molar-refractivity contribution in [1.29, 1.82) is 0 Å². The Morgan fingerprint density at radius 2 is 2.20 bits per heavy atom. The van der Waals surface area contributed by atoms with E-state index < -0.39 is 0 Å². The van der Waals surface area contributed by atoms with Crippen molar-refractivity contribution in [3.05, 3.63) is 40.9 Å². The van der Waals surface area contributed by atoms with Gasteiger partial charge in [0, 0.05) is 17.3 Å². The lowest BCUT2D eigenvalue weighted by atomic mass is 10.1. The van der Waals surface area contributed by atoms with Crippen molar-refractivity contribution < 1.29 is 4.79 Å². The van der Waals surface area contributed by atoms with E-state index in [1.165, 1.54) is 16.9 Å². The van der Waals surface area contributed by atoms with E-state index in [-0.39, 0.29) is 11.9 Å². The standard InChI is InChI=1S/C15H19N3OS/c1-4-12(14(19)18-15-16-7-8-20-15)17-13-6-5-10(2)9-11(13)3/h5-9,12,17H,4H2,1-3H3,(H,16,18,19)/t12-/m0/s1. The van der Waals surface area contributed by atoms with E-state index in [1.54, 1.807) is 6.20 Å². The Morgan fingerprint density at radius 1 is 1.40 bits per heavy atom. The highest BCUT2D eigenvalue weighted by Gasteiger charge is 2.17. The molecule has 0 aliphatic rings. The summed E-state index contributed by atoms with van der Waals surface area (Å²) in [7, 11) is 0. The molecule has 1 heterocycles. The fourth-order valence-electron chi connectivity index (χ4n) is 1.99. The highest BCUT2D eigenvalue weighted by atomic mass is 32.1. The molecule has 0 spiro atoms. The van der Waals surface area contributed by atoms with Crippen LogP contribution in [0.1, 0.15) is 24.5 Å². The minimum Gasteiger partial charge on any atom is -0.373 e. The number of amides is 1. The Hall–Kier alpha value is -1.88. The first-order chi connectivity index (χ1) is 9.60. The Balaban J connectivity index is 2.06. The number of aryl methyl sites for hydroxylation is 2. The molecule has 0 aliphatic carbocycles. The molecular formula is C15H19N3OS. The van der Waals surface area contributed by atoms with Crippen LogP contribution in [0.3, 0.4) is 0 Å². The third-order valence-corrected chi connectivity index (χ3v) is 3.79. The second-order valence-electron chi connectivity index (χ2n) is 4.75. The summed E-state index contributed by atoms with van der Waals surface area (Å²) in [5.41, 5.74) is 3.36. The van der Waals surface area contributed by atoms with Crippen molar-refractivity contribution in [2.24, 2.45) is 0 Å². The quantitative estimate of drug-likeness (QED) is 0.884. The summed E-state index contributed by atoms with van der Waals surface area (Å²) >= 11 is 1.42. The maximum absolute atomic E-state index is 12.2. The zero-order valence-corrected chi connectivity index (χ0v) is 12.8. The van der Waals surface area contributed by atoms with Crippen LogP contribution in [-0.2, 0) is 4.79 Å². The van der Waals surface area contributed by atoms with Crippen LogP contribution < -0.4 is 10.6 Å². The molecule has 1 atom stereocenters. The molecule has 5 heteroatoms. The highest BCUT2D eigenvalue weighted by molar-refractivity contribution is 7.13. The molecule has 106 valence electrons. The Labute approximate surface area is 123 Å². The fraction of sp³-hybridized carbons (Fsp3) is 0.333. The SMILES string of the molecule is CC[C@H](Nc1ccc(C)cc1C)C(=O)Nc1nccs1. The van der Waals surface area contributed by atoms with E-state index in [9.17, 15) is 4.79 Å². The molecule has 0 aliphatic heterocycles. The van der Waals surface area contributed by atoms with Crippen LogP contribution in [0.2, 0.25) is 0 Å². The molecule has 1 aromatic heterocycles. The second-order valence-corrected chi connectivity index (χ2v) is 5.64. The third kappa shape index (κ3) is 3.57. The number of anilines is 2. The largest absolute Gasteiger partial charge is 0.373 e. The first-order valence-electron chi connectivity index (χ1n) is 6.64. The summed E-state index contributed by atoms with van der Waals surface area (Å²) in [4.78, 5) is 16.3. The van der Waals surface area contributed by atoms with E-state index >= 15 is 0 Å². The minimum atomic E-state index is -0.264. The molecule has 4 nitrogen and oxygen atoms in total. The number of aromatic nitrogens is 1. The number of carbonyl (C=O) groups is 1. The van der Waals surface area contributed by atoms with Gasteiger partial charge in [0.25, 0.3) is 0 Å². The van der Waals surface area contributed by atoms with E-state index in [2.05, 4.69) is 28.6 Å². The first-order valence-corrected chi connectivity index (χ1v) is 7.52. The number of hydrogen-bond acceptors (Lipinski definition) is 4. The van der Waals surface area contributed by atoms with Crippen LogP contribution in [0.25, 0.3) is 0 Å². The number of benzene rings is 1. The van der Waals surface area contributed by atoms with Crippen LogP contribution in [0.4, 0.5) is 10.8 Å². The van der Waals surface area contributed by atoms with Gasteiger partial charge in [-0.2, -0.15) is 0 Å². The molecule has 2 N–H and O–H groups in total. The summed E-state index contributed by atoms with van der Waals surface area (Å²) in [6.07, 6.45) is 2.39. The molecular weight excluding hydrogens is 270 g/mol. The number of nitrogens with one attached hydrogen (secondary N) is 2. The zero-order chi connectivity index (χ0) is 14.5. The second kappa shape index (κ2) is 6.52. The average molecular weight is 289 g/mol. The Morgan fingerprint density at radius 3 is 2.80 bits per heavy atom. The average Bonchev–Trinajstić information content (AvgIpc) is 2.90. The van der Waals surface area contributed by atoms with Crippen LogP contribution >= 0.6 is 11.3 Å². The van der Waals surface area contributed by atoms with Crippen LogP contribution in [0, 0.1) is 13.8 Å². The summed E-state index contributed by atoms with van der Waals surface area (Å²) in [5.74, 6) is -0.0533. The van der Waals surface area contributed by atoms with Crippen molar-refractivity contribution >= 4 is 28.1 Å². The van der Waals surface area contributed by atoms with Gasteiger partial charge in [-0.25, -0.2) is 4.98 Å². The van der Waals surface area contributed by atoms with Crippen LogP contribution in [0.5, 0.6) is 0 Å². The van der Waals surface area contributed by atoms with Gasteiger partial charge in [0.05, 0.1) is 0 Å². The van der Waals surface area contributed by atoms with Crippen molar-refractivity contribution in [2.75, 3.05) is 10.6 Å². The van der Waals surface area contributed by atoms with Crippen molar-refractivity contribution in [3.63, 3.8) is 0 Å². The van der Waals surface area contributed by atoms with E-state index in [4.69, 9.17) is 0 Å². The predicted molar refractivity (Wildman–Crippen MR) is 84.4 cm³/mol. The molecule has 0 bridgehead atoms. The Bertz CT molecular complexity index is 581. The number of thiazole rings is 1. The Kier molecular flexibility index (Phi) is 4.74. The molecule has 0 saturated heterocycles. The number of carbonyl (C=O) groups excluding carboxylic acids is 1. The molecule has 20 heavy (non-hydrogen) atoms. The predicted octanol–water partition coefficient (Wildman–Crippen LogP) is 3.59. The maximum Gasteiger partial charge on any atom is 0.248 e. The maximum atomic E-state index is 12.2. The highest BCUT2D eigenvalue weighted by Crippen LogP contribution is 2.19. The van der Waals surface area contributed by atoms with Gasteiger partial charge >= 0.3 is 0 Å². The smallest absolute Gasteiger partial charge is 0.248 e. The van der Waals surface area contributed by atoms with Gasteiger partial charge in [-0.05, 0) is 31.9 Å². The number of rotatable bonds is 5. The van der Waals surface area contributed by atoms with Crippen molar-refractivity contribution in [3.8, 4) is 0 Å². The van der Waals surface area contributed by atoms with E-state index in [0.29, 0.717) is 11.6 Å². The molecule has 0 unspecified atom stereocenters. The van der Waals surface area contributed by atoms with Crippen LogP contribution in [0.15, 0.2) is 29.8 Å². The fourth-order valence-corrected chi connectivity index (χ4v) is 2.53. The van der Waals surface area contributed by atoms with Gasteiger partial charge in [-0.1, -0.05) is 24.6 Å². The van der Waals surface area contributed by atoms with Gasteiger partial charge in [-0.15, -0.1) is 11.3 Å². The van der Waals surface area contributed by atoms with Gasteiger partial charge < -0.3 is 10.6 Å². The summed E-state index contributed by atoms with van der Waals surface area (Å²) < 4.78 is 0. The van der Waals surface area contributed by atoms with Crippen LogP contribution in [-0.4, -0.2) is 16.9 Å². The number of nitrogens with zero attached hydrogens (tertiary/aromatic N) is 1. The topological polar surface area (TPSA) is 54.0 Å². The van der Waals surface area contributed by atoms with Crippen molar-refractivity contribution in [2.45, 2.75) is 33.2 Å². The van der Waals surface area contributed by atoms with E-state index in [0.717, 1.165) is 11.3 Å². The lowest BCUT2D eigenvalue weighted by Crippen LogP contribution is -2.34. The molecule has 2 aromatic rings. The summed E-state index contributed by atoms with van der Waals surface area (Å²) in [5, 5.41) is 8.61. The summed E-state index contributed by atoms with van der Waals surface area (Å²) in [6, 6.07) is 5.90. The number of hydrogen-bond donors (Lipinski definition) is 2. The third-order valence-electron chi connectivity index (χ3n) is 3.10. The molecule has 1 amide bonds. The lowest BCUT2D eigenvalue weighted by Gasteiger charge is -2.19. The first kappa shape index (κ1) is 14.5. The van der Waals surface area contributed by atoms with Gasteiger partial charge in [0.15, 0.2) is 5.13 Å². The van der Waals surface area contributed by atoms with Gasteiger partial charge in [-0.3, -0.25) is 4.79 Å². The molecule has 0 radical (unpaired) electrons. The molecule has 0 fully saturated rings. The summed E-state index contributed by atoms with van der Waals surface area (Å²) in [6.45, 7) is 6.09. The van der Waals surface area contributed by atoms with Gasteiger partial charge in [0.1, 0.15) is 6.04 Å². The zero-order valence-electron chi connectivity index (χ0n) is 11.9. The van der Waals surface area contributed by atoms with Gasteiger partial charge in [0.2, 0.25) is 5.91 Å². The lowest BCUT2D eigenvalue weighted by molar-refractivity contribution is -0.116. The molecule has 2 rings (SSSR count). The molecule has 0 saturated carbocycles. The minimum absolute atomic E-state index is 0.0533. The van der Waals surface area contributed by atoms with Crippen molar-refractivity contribution in [1.82, 2.24) is 4.98 Å². The normalized spacial score (nSPS) is 11.9. The monoisotopic (exact) mass is 289 g/mol. The van der Waals surface area contributed by atoms with E-state index in [1.807, 2.05) is 31.4 Å². The molecule has 1 aromatic carbocycles.